The SMILES string of the molecule is Oc1cccc(-n2ccc(CBr)n2)c1. The maximum atomic E-state index is 9.29. The molecule has 0 spiro atoms. The minimum absolute atomic E-state index is 0.249. The minimum Gasteiger partial charge on any atom is -0.508 e. The Balaban J connectivity index is 2.39. The standard InChI is InChI=1S/C10H9BrN2O/c11-7-8-4-5-13(12-8)9-2-1-3-10(14)6-9/h1-6,14H,7H2. The summed E-state index contributed by atoms with van der Waals surface area (Å²) in [5.41, 5.74) is 1.82. The molecule has 2 rings (SSSR count). The van der Waals surface area contributed by atoms with E-state index in [2.05, 4.69) is 21.0 Å². The molecule has 0 saturated carbocycles. The highest BCUT2D eigenvalue weighted by atomic mass is 79.9. The Morgan fingerprint density at radius 1 is 1.36 bits per heavy atom. The van der Waals surface area contributed by atoms with Gasteiger partial charge in [-0.3, -0.25) is 0 Å². The van der Waals surface area contributed by atoms with Gasteiger partial charge in [0.2, 0.25) is 0 Å². The van der Waals surface area contributed by atoms with Gasteiger partial charge >= 0.3 is 0 Å². The van der Waals surface area contributed by atoms with Gasteiger partial charge in [-0.2, -0.15) is 5.10 Å². The summed E-state index contributed by atoms with van der Waals surface area (Å²) < 4.78 is 1.73. The van der Waals surface area contributed by atoms with E-state index in [0.717, 1.165) is 16.7 Å². The van der Waals surface area contributed by atoms with Crippen molar-refractivity contribution < 1.29 is 5.11 Å². The van der Waals surface area contributed by atoms with Crippen molar-refractivity contribution in [3.8, 4) is 11.4 Å². The van der Waals surface area contributed by atoms with E-state index in [1.807, 2.05) is 18.3 Å². The fourth-order valence-corrected chi connectivity index (χ4v) is 1.51. The molecule has 0 atom stereocenters. The number of aromatic hydroxyl groups is 1. The maximum Gasteiger partial charge on any atom is 0.117 e. The molecular weight excluding hydrogens is 244 g/mol. The number of nitrogens with zero attached hydrogens (tertiary/aromatic N) is 2. The van der Waals surface area contributed by atoms with E-state index in [4.69, 9.17) is 0 Å². The van der Waals surface area contributed by atoms with Crippen molar-refractivity contribution in [1.29, 1.82) is 0 Å². The summed E-state index contributed by atoms with van der Waals surface area (Å²) in [4.78, 5) is 0. The van der Waals surface area contributed by atoms with E-state index >= 15 is 0 Å². The molecule has 3 nitrogen and oxygen atoms in total. The molecule has 0 aliphatic rings. The Morgan fingerprint density at radius 3 is 2.86 bits per heavy atom. The molecule has 0 bridgehead atoms. The average molecular weight is 253 g/mol. The van der Waals surface area contributed by atoms with E-state index in [0.29, 0.717) is 0 Å². The van der Waals surface area contributed by atoms with Gasteiger partial charge in [0.1, 0.15) is 5.75 Å². The number of phenols is 1. The van der Waals surface area contributed by atoms with Crippen LogP contribution in [0.3, 0.4) is 0 Å². The van der Waals surface area contributed by atoms with Crippen molar-refractivity contribution in [2.24, 2.45) is 0 Å². The van der Waals surface area contributed by atoms with Gasteiger partial charge in [0, 0.05) is 17.6 Å². The van der Waals surface area contributed by atoms with Gasteiger partial charge in [-0.05, 0) is 18.2 Å². The summed E-state index contributed by atoms with van der Waals surface area (Å²) in [6.07, 6.45) is 1.87. The number of halogens is 1. The number of benzene rings is 1. The molecule has 0 fully saturated rings. The van der Waals surface area contributed by atoms with Gasteiger partial charge in [-0.25, -0.2) is 4.68 Å². The zero-order valence-corrected chi connectivity index (χ0v) is 8.98. The first kappa shape index (κ1) is 9.27. The van der Waals surface area contributed by atoms with Crippen molar-refractivity contribution in [3.63, 3.8) is 0 Å². The maximum absolute atomic E-state index is 9.29. The first-order valence-electron chi connectivity index (χ1n) is 4.19. The average Bonchev–Trinajstić information content (AvgIpc) is 2.66. The van der Waals surface area contributed by atoms with Crippen LogP contribution in [0.2, 0.25) is 0 Å². The van der Waals surface area contributed by atoms with Gasteiger partial charge in [0.25, 0.3) is 0 Å². The molecule has 14 heavy (non-hydrogen) atoms. The van der Waals surface area contributed by atoms with Crippen LogP contribution in [0.5, 0.6) is 5.75 Å². The molecule has 0 amide bonds. The second kappa shape index (κ2) is 3.84. The first-order valence-corrected chi connectivity index (χ1v) is 5.31. The lowest BCUT2D eigenvalue weighted by atomic mass is 10.3. The van der Waals surface area contributed by atoms with Gasteiger partial charge in [-0.15, -0.1) is 0 Å². The van der Waals surface area contributed by atoms with Gasteiger partial charge in [0.05, 0.1) is 11.4 Å². The predicted octanol–water partition coefficient (Wildman–Crippen LogP) is 2.47. The van der Waals surface area contributed by atoms with Crippen LogP contribution in [-0.4, -0.2) is 14.9 Å². The molecule has 0 saturated heterocycles. The first-order chi connectivity index (χ1) is 6.79. The van der Waals surface area contributed by atoms with Crippen molar-refractivity contribution >= 4 is 15.9 Å². The number of hydrogen-bond donors (Lipinski definition) is 1. The van der Waals surface area contributed by atoms with Gasteiger partial charge in [-0.1, -0.05) is 22.0 Å². The highest BCUT2D eigenvalue weighted by Crippen LogP contribution is 2.15. The van der Waals surface area contributed by atoms with Crippen LogP contribution in [0.25, 0.3) is 5.69 Å². The smallest absolute Gasteiger partial charge is 0.117 e. The lowest BCUT2D eigenvalue weighted by molar-refractivity contribution is 0.475. The second-order valence-corrected chi connectivity index (χ2v) is 3.47. The molecule has 72 valence electrons. The zero-order valence-electron chi connectivity index (χ0n) is 7.39. The summed E-state index contributed by atoms with van der Waals surface area (Å²) in [6.45, 7) is 0. The largest absolute Gasteiger partial charge is 0.508 e. The van der Waals surface area contributed by atoms with Crippen LogP contribution in [0.1, 0.15) is 5.69 Å². The molecule has 4 heteroatoms. The molecule has 1 aromatic carbocycles. The minimum atomic E-state index is 0.249. The van der Waals surface area contributed by atoms with Gasteiger partial charge in [0.15, 0.2) is 0 Å². The van der Waals surface area contributed by atoms with Crippen molar-refractivity contribution in [1.82, 2.24) is 9.78 Å². The highest BCUT2D eigenvalue weighted by Gasteiger charge is 2.00. The highest BCUT2D eigenvalue weighted by molar-refractivity contribution is 9.08. The summed E-state index contributed by atoms with van der Waals surface area (Å²) in [5, 5.41) is 14.3. The van der Waals surface area contributed by atoms with E-state index < -0.39 is 0 Å². The Hall–Kier alpha value is -1.29. The third-order valence-electron chi connectivity index (χ3n) is 1.88. The number of hydrogen-bond acceptors (Lipinski definition) is 2. The molecule has 0 aliphatic carbocycles. The zero-order chi connectivity index (χ0) is 9.97. The van der Waals surface area contributed by atoms with E-state index in [1.165, 1.54) is 0 Å². The van der Waals surface area contributed by atoms with Crippen LogP contribution in [-0.2, 0) is 5.33 Å². The van der Waals surface area contributed by atoms with Crippen LogP contribution in [0.15, 0.2) is 36.5 Å². The molecular formula is C10H9BrN2O. The Labute approximate surface area is 90.1 Å². The van der Waals surface area contributed by atoms with E-state index in [9.17, 15) is 5.11 Å². The lowest BCUT2D eigenvalue weighted by Crippen LogP contribution is -1.94. The normalized spacial score (nSPS) is 10.4. The van der Waals surface area contributed by atoms with Crippen LogP contribution >= 0.6 is 15.9 Å². The molecule has 1 N–H and O–H groups in total. The summed E-state index contributed by atoms with van der Waals surface area (Å²) in [6, 6.07) is 8.92. The Kier molecular flexibility index (Phi) is 2.54. The summed E-state index contributed by atoms with van der Waals surface area (Å²) in [7, 11) is 0. The predicted molar refractivity (Wildman–Crippen MR) is 57.9 cm³/mol. The summed E-state index contributed by atoms with van der Waals surface area (Å²) in [5.74, 6) is 0.249. The molecule has 0 unspecified atom stereocenters. The van der Waals surface area contributed by atoms with Gasteiger partial charge < -0.3 is 5.11 Å². The van der Waals surface area contributed by atoms with Crippen molar-refractivity contribution in [2.45, 2.75) is 5.33 Å². The van der Waals surface area contributed by atoms with Crippen LogP contribution in [0, 0.1) is 0 Å². The number of aromatic nitrogens is 2. The fraction of sp³-hybridized carbons (Fsp3) is 0.100. The molecule has 2 aromatic rings. The number of phenolic OH excluding ortho intramolecular Hbond substituents is 1. The summed E-state index contributed by atoms with van der Waals surface area (Å²) >= 11 is 3.33. The quantitative estimate of drug-likeness (QED) is 0.835. The monoisotopic (exact) mass is 252 g/mol. The Morgan fingerprint density at radius 2 is 2.21 bits per heavy atom. The fourth-order valence-electron chi connectivity index (χ4n) is 1.21. The van der Waals surface area contributed by atoms with Crippen LogP contribution < -0.4 is 0 Å². The second-order valence-electron chi connectivity index (χ2n) is 2.91. The van der Waals surface area contributed by atoms with Crippen molar-refractivity contribution in [2.75, 3.05) is 0 Å². The molecule has 0 radical (unpaired) electrons. The molecule has 1 heterocycles. The molecule has 0 aliphatic heterocycles. The van der Waals surface area contributed by atoms with E-state index in [1.54, 1.807) is 22.9 Å². The van der Waals surface area contributed by atoms with Crippen molar-refractivity contribution in [3.05, 3.63) is 42.2 Å². The van der Waals surface area contributed by atoms with Crippen LogP contribution in [0.4, 0.5) is 0 Å². The van der Waals surface area contributed by atoms with E-state index in [-0.39, 0.29) is 5.75 Å². The molecule has 1 aromatic heterocycles. The number of rotatable bonds is 2. The topological polar surface area (TPSA) is 38.0 Å². The lowest BCUT2D eigenvalue weighted by Gasteiger charge is -2.00. The third kappa shape index (κ3) is 1.80. The Bertz CT molecular complexity index is 439. The third-order valence-corrected chi connectivity index (χ3v) is 2.45. The number of alkyl halides is 1.